The molecule has 3 rings (SSSR count). The van der Waals surface area contributed by atoms with E-state index >= 15 is 0 Å². The Balaban J connectivity index is 1.68. The number of amides is 2. The van der Waals surface area contributed by atoms with Crippen LogP contribution in [0.4, 0.5) is 14.5 Å². The number of aryl methyl sites for hydroxylation is 1. The highest BCUT2D eigenvalue weighted by Gasteiger charge is 2.31. The number of anilines is 1. The molecule has 0 aromatic heterocycles. The number of hydrogen-bond donors (Lipinski definition) is 2. The van der Waals surface area contributed by atoms with Crippen LogP contribution < -0.4 is 5.32 Å². The number of aromatic hydroxyl groups is 1. The minimum Gasteiger partial charge on any atom is -0.503 e. The van der Waals surface area contributed by atoms with Gasteiger partial charge in [0.25, 0.3) is 11.8 Å². The van der Waals surface area contributed by atoms with Gasteiger partial charge in [0.15, 0.2) is 17.4 Å². The van der Waals surface area contributed by atoms with E-state index in [1.807, 2.05) is 31.2 Å². The second kappa shape index (κ2) is 6.95. The molecule has 0 fully saturated rings. The average molecular weight is 358 g/mol. The van der Waals surface area contributed by atoms with E-state index in [-0.39, 0.29) is 17.9 Å². The zero-order chi connectivity index (χ0) is 18.8. The zero-order valence-electron chi connectivity index (χ0n) is 13.9. The standard InChI is InChI=1S/C19H16F2N2O3/c1-11-2-4-12(5-3-11)6-7-23-17(24)10-16(19(23)26)22-13-8-14(20)18(25)15(21)9-13/h2-5,8-10,22,25H,6-7H2,1H3. The summed E-state index contributed by atoms with van der Waals surface area (Å²) in [5.74, 6) is -4.50. The third kappa shape index (κ3) is 3.56. The maximum absolute atomic E-state index is 13.4. The molecule has 0 unspecified atom stereocenters. The second-order valence-corrected chi connectivity index (χ2v) is 6.00. The number of hydrogen-bond acceptors (Lipinski definition) is 4. The highest BCUT2D eigenvalue weighted by Crippen LogP contribution is 2.26. The summed E-state index contributed by atoms with van der Waals surface area (Å²) in [4.78, 5) is 25.5. The quantitative estimate of drug-likeness (QED) is 0.637. The van der Waals surface area contributed by atoms with E-state index in [4.69, 9.17) is 5.11 Å². The highest BCUT2D eigenvalue weighted by atomic mass is 19.1. The molecule has 0 atom stereocenters. The summed E-state index contributed by atoms with van der Waals surface area (Å²) in [5, 5.41) is 11.6. The molecule has 1 aliphatic rings. The van der Waals surface area contributed by atoms with E-state index in [9.17, 15) is 18.4 Å². The first kappa shape index (κ1) is 17.6. The van der Waals surface area contributed by atoms with E-state index in [0.29, 0.717) is 6.42 Å². The number of carbonyl (C=O) groups excluding carboxylic acids is 2. The minimum atomic E-state index is -1.17. The van der Waals surface area contributed by atoms with E-state index in [0.717, 1.165) is 34.2 Å². The lowest BCUT2D eigenvalue weighted by Crippen LogP contribution is -2.33. The first-order valence-corrected chi connectivity index (χ1v) is 7.93. The summed E-state index contributed by atoms with van der Waals surface area (Å²) in [5.41, 5.74) is 1.94. The fourth-order valence-electron chi connectivity index (χ4n) is 2.60. The Morgan fingerprint density at radius 3 is 2.31 bits per heavy atom. The maximum atomic E-state index is 13.4. The first-order chi connectivity index (χ1) is 12.3. The zero-order valence-corrected chi connectivity index (χ0v) is 13.9. The lowest BCUT2D eigenvalue weighted by molar-refractivity contribution is -0.137. The molecule has 2 N–H and O–H groups in total. The topological polar surface area (TPSA) is 69.6 Å². The lowest BCUT2D eigenvalue weighted by atomic mass is 10.1. The Morgan fingerprint density at radius 2 is 1.69 bits per heavy atom. The normalized spacial score (nSPS) is 14.0. The van der Waals surface area contributed by atoms with Crippen molar-refractivity contribution in [2.45, 2.75) is 13.3 Å². The summed E-state index contributed by atoms with van der Waals surface area (Å²) in [6, 6.07) is 9.42. The van der Waals surface area contributed by atoms with Crippen LogP contribution >= 0.6 is 0 Å². The van der Waals surface area contributed by atoms with Gasteiger partial charge in [-0.15, -0.1) is 0 Å². The molecule has 26 heavy (non-hydrogen) atoms. The molecule has 1 aliphatic heterocycles. The molecular weight excluding hydrogens is 342 g/mol. The fourth-order valence-corrected chi connectivity index (χ4v) is 2.60. The monoisotopic (exact) mass is 358 g/mol. The molecule has 0 radical (unpaired) electrons. The third-order valence-corrected chi connectivity index (χ3v) is 4.05. The Morgan fingerprint density at radius 1 is 1.08 bits per heavy atom. The van der Waals surface area contributed by atoms with Gasteiger partial charge in [-0.25, -0.2) is 8.78 Å². The van der Waals surface area contributed by atoms with Crippen molar-refractivity contribution in [1.82, 2.24) is 4.90 Å². The van der Waals surface area contributed by atoms with Crippen LogP contribution in [0.25, 0.3) is 0 Å². The van der Waals surface area contributed by atoms with Gasteiger partial charge in [-0.1, -0.05) is 29.8 Å². The Bertz CT molecular complexity index is 884. The van der Waals surface area contributed by atoms with Crippen molar-refractivity contribution >= 4 is 17.5 Å². The molecule has 0 bridgehead atoms. The number of imide groups is 1. The number of carbonyl (C=O) groups is 2. The molecular formula is C19H16F2N2O3. The number of nitrogens with one attached hydrogen (secondary N) is 1. The van der Waals surface area contributed by atoms with Crippen molar-refractivity contribution < 1.29 is 23.5 Å². The largest absolute Gasteiger partial charge is 0.503 e. The van der Waals surface area contributed by atoms with Gasteiger partial charge in [0.05, 0.1) is 0 Å². The summed E-state index contributed by atoms with van der Waals surface area (Å²) >= 11 is 0. The van der Waals surface area contributed by atoms with Crippen molar-refractivity contribution in [1.29, 1.82) is 0 Å². The van der Waals surface area contributed by atoms with E-state index in [2.05, 4.69) is 5.32 Å². The molecule has 0 aliphatic carbocycles. The first-order valence-electron chi connectivity index (χ1n) is 7.93. The van der Waals surface area contributed by atoms with Crippen LogP contribution in [0.15, 0.2) is 48.2 Å². The number of nitrogens with zero attached hydrogens (tertiary/aromatic N) is 1. The molecule has 134 valence electrons. The van der Waals surface area contributed by atoms with Gasteiger partial charge in [-0.3, -0.25) is 14.5 Å². The summed E-state index contributed by atoms with van der Waals surface area (Å²) in [6.07, 6.45) is 1.58. The van der Waals surface area contributed by atoms with Crippen LogP contribution in [-0.4, -0.2) is 28.4 Å². The van der Waals surface area contributed by atoms with Crippen molar-refractivity contribution in [3.63, 3.8) is 0 Å². The highest BCUT2D eigenvalue weighted by molar-refractivity contribution is 6.17. The van der Waals surface area contributed by atoms with Crippen LogP contribution in [0.3, 0.4) is 0 Å². The number of rotatable bonds is 5. The van der Waals surface area contributed by atoms with Crippen LogP contribution in [0, 0.1) is 18.6 Å². The van der Waals surface area contributed by atoms with E-state index < -0.39 is 29.2 Å². The van der Waals surface area contributed by atoms with Crippen LogP contribution in [-0.2, 0) is 16.0 Å². The van der Waals surface area contributed by atoms with Crippen molar-refractivity contribution in [2.75, 3.05) is 11.9 Å². The molecule has 5 nitrogen and oxygen atoms in total. The summed E-state index contributed by atoms with van der Waals surface area (Å²) < 4.78 is 26.8. The van der Waals surface area contributed by atoms with Crippen molar-refractivity contribution in [3.05, 3.63) is 70.9 Å². The Hall–Kier alpha value is -3.22. The minimum absolute atomic E-state index is 0.0782. The average Bonchev–Trinajstić information content (AvgIpc) is 2.86. The van der Waals surface area contributed by atoms with Gasteiger partial charge < -0.3 is 10.4 Å². The van der Waals surface area contributed by atoms with E-state index in [1.54, 1.807) is 0 Å². The molecule has 2 aromatic carbocycles. The molecule has 2 amide bonds. The number of phenols is 1. The van der Waals surface area contributed by atoms with Crippen molar-refractivity contribution in [2.24, 2.45) is 0 Å². The second-order valence-electron chi connectivity index (χ2n) is 6.00. The predicted octanol–water partition coefficient (Wildman–Crippen LogP) is 2.89. The van der Waals surface area contributed by atoms with Gasteiger partial charge >= 0.3 is 0 Å². The third-order valence-electron chi connectivity index (χ3n) is 4.05. The van der Waals surface area contributed by atoms with Gasteiger partial charge in [0.1, 0.15) is 5.70 Å². The number of halogens is 2. The van der Waals surface area contributed by atoms with Crippen LogP contribution in [0.5, 0.6) is 5.75 Å². The van der Waals surface area contributed by atoms with Crippen LogP contribution in [0.2, 0.25) is 0 Å². The molecule has 0 saturated carbocycles. The van der Waals surface area contributed by atoms with Gasteiger partial charge in [-0.2, -0.15) is 0 Å². The Kier molecular flexibility index (Phi) is 4.71. The smallest absolute Gasteiger partial charge is 0.277 e. The van der Waals surface area contributed by atoms with Crippen LogP contribution in [0.1, 0.15) is 11.1 Å². The molecule has 0 spiro atoms. The summed E-state index contributed by atoms with van der Waals surface area (Å²) in [6.45, 7) is 2.16. The molecule has 0 saturated heterocycles. The predicted molar refractivity (Wildman–Crippen MR) is 91.3 cm³/mol. The number of phenolic OH excluding ortho intramolecular Hbond substituents is 1. The molecule has 2 aromatic rings. The van der Waals surface area contributed by atoms with Gasteiger partial charge in [-0.05, 0) is 18.9 Å². The number of benzene rings is 2. The van der Waals surface area contributed by atoms with Gasteiger partial charge in [0.2, 0.25) is 0 Å². The fraction of sp³-hybridized carbons (Fsp3) is 0.158. The lowest BCUT2D eigenvalue weighted by Gasteiger charge is -2.15. The Labute approximate surface area is 148 Å². The van der Waals surface area contributed by atoms with Gasteiger partial charge in [0, 0.05) is 30.4 Å². The maximum Gasteiger partial charge on any atom is 0.277 e. The summed E-state index contributed by atoms with van der Waals surface area (Å²) in [7, 11) is 0. The molecule has 7 heteroatoms. The van der Waals surface area contributed by atoms with Crippen molar-refractivity contribution in [3.8, 4) is 5.75 Å². The molecule has 1 heterocycles. The SMILES string of the molecule is Cc1ccc(CCN2C(=O)C=C(Nc3cc(F)c(O)c(F)c3)C2=O)cc1. The van der Waals surface area contributed by atoms with E-state index in [1.165, 1.54) is 0 Å².